The predicted molar refractivity (Wildman–Crippen MR) is 81.8 cm³/mol. The summed E-state index contributed by atoms with van der Waals surface area (Å²) in [5.41, 5.74) is 6.38. The van der Waals surface area contributed by atoms with Gasteiger partial charge in [0.1, 0.15) is 17.4 Å². The second kappa shape index (κ2) is 6.30. The van der Waals surface area contributed by atoms with Crippen LogP contribution in [0.1, 0.15) is 18.4 Å². The molecule has 0 fully saturated rings. The molecule has 1 atom stereocenters. The molecule has 1 aromatic carbocycles. The quantitative estimate of drug-likeness (QED) is 0.836. The number of halogens is 2. The van der Waals surface area contributed by atoms with Gasteiger partial charge in [-0.15, -0.1) is 0 Å². The number of ether oxygens (including phenoxy) is 2. The lowest BCUT2D eigenvalue weighted by atomic mass is 9.83. The molecule has 2 rings (SSSR count). The van der Waals surface area contributed by atoms with Gasteiger partial charge in [-0.1, -0.05) is 29.3 Å². The van der Waals surface area contributed by atoms with E-state index >= 15 is 0 Å². The van der Waals surface area contributed by atoms with Crippen molar-refractivity contribution in [1.82, 2.24) is 0 Å². The number of hydrogen-bond acceptors (Lipinski definition) is 5. The monoisotopic (exact) mass is 338 g/mol. The van der Waals surface area contributed by atoms with E-state index in [1.807, 2.05) is 6.07 Å². The minimum absolute atomic E-state index is 0.0565. The summed E-state index contributed by atoms with van der Waals surface area (Å²) in [5, 5.41) is 10.0. The van der Waals surface area contributed by atoms with Crippen LogP contribution in [0.5, 0.6) is 0 Å². The van der Waals surface area contributed by atoms with Crippen LogP contribution in [-0.2, 0) is 14.3 Å². The highest BCUT2D eigenvalue weighted by molar-refractivity contribution is 6.36. The number of benzene rings is 1. The molecular formula is C15H12Cl2N2O3. The molecule has 5 nitrogen and oxygen atoms in total. The summed E-state index contributed by atoms with van der Waals surface area (Å²) in [5.74, 6) is -1.33. The lowest BCUT2D eigenvalue weighted by molar-refractivity contribution is -0.136. The third-order valence-electron chi connectivity index (χ3n) is 3.30. The van der Waals surface area contributed by atoms with Crippen LogP contribution in [-0.4, -0.2) is 13.1 Å². The maximum absolute atomic E-state index is 12.1. The molecule has 0 unspecified atom stereocenters. The number of nitrogens with zero attached hydrogens (tertiary/aromatic N) is 1. The van der Waals surface area contributed by atoms with Crippen molar-refractivity contribution in [2.24, 2.45) is 5.73 Å². The Kier molecular flexibility index (Phi) is 4.65. The Hall–Kier alpha value is -2.16. The topological polar surface area (TPSA) is 85.3 Å². The molecule has 0 saturated carbocycles. The van der Waals surface area contributed by atoms with E-state index in [0.29, 0.717) is 15.6 Å². The Morgan fingerprint density at radius 1 is 1.41 bits per heavy atom. The second-order valence-electron chi connectivity index (χ2n) is 4.52. The van der Waals surface area contributed by atoms with Crippen molar-refractivity contribution < 1.29 is 14.3 Å². The van der Waals surface area contributed by atoms with E-state index < -0.39 is 11.9 Å². The fourth-order valence-corrected chi connectivity index (χ4v) is 2.95. The number of allylic oxidation sites excluding steroid dienone is 2. The van der Waals surface area contributed by atoms with Crippen LogP contribution >= 0.6 is 23.2 Å². The van der Waals surface area contributed by atoms with Crippen LogP contribution in [0.25, 0.3) is 0 Å². The summed E-state index contributed by atoms with van der Waals surface area (Å²) in [6.07, 6.45) is 0. The van der Waals surface area contributed by atoms with Crippen LogP contribution in [0.4, 0.5) is 0 Å². The standard InChI is InChI=1S/C15H12Cl2N2O3/c1-7-11(15(20)21-2)12(8(6-18)14(19)22-7)13-9(16)4-3-5-10(13)17/h3-5,12H,19H2,1-2H3/t12-/m0/s1. The first-order valence-electron chi connectivity index (χ1n) is 6.23. The Morgan fingerprint density at radius 3 is 2.50 bits per heavy atom. The summed E-state index contributed by atoms with van der Waals surface area (Å²) in [4.78, 5) is 12.1. The minimum atomic E-state index is -0.840. The van der Waals surface area contributed by atoms with Gasteiger partial charge in [0.25, 0.3) is 0 Å². The first-order valence-corrected chi connectivity index (χ1v) is 6.98. The molecule has 0 aliphatic carbocycles. The van der Waals surface area contributed by atoms with Gasteiger partial charge in [-0.25, -0.2) is 4.79 Å². The number of carbonyl (C=O) groups is 1. The van der Waals surface area contributed by atoms with Gasteiger partial charge in [-0.2, -0.15) is 5.26 Å². The number of nitriles is 1. The van der Waals surface area contributed by atoms with Crippen molar-refractivity contribution in [2.45, 2.75) is 12.8 Å². The zero-order valence-electron chi connectivity index (χ0n) is 11.8. The Morgan fingerprint density at radius 2 is 2.00 bits per heavy atom. The third kappa shape index (κ3) is 2.63. The van der Waals surface area contributed by atoms with Crippen molar-refractivity contribution >= 4 is 29.2 Å². The van der Waals surface area contributed by atoms with Crippen LogP contribution in [0.3, 0.4) is 0 Å². The Balaban J connectivity index is 2.77. The van der Waals surface area contributed by atoms with Crippen molar-refractivity contribution in [3.8, 4) is 6.07 Å². The number of esters is 1. The summed E-state index contributed by atoms with van der Waals surface area (Å²) < 4.78 is 10.1. The van der Waals surface area contributed by atoms with Crippen molar-refractivity contribution in [2.75, 3.05) is 7.11 Å². The van der Waals surface area contributed by atoms with Crippen molar-refractivity contribution in [1.29, 1.82) is 5.26 Å². The van der Waals surface area contributed by atoms with Gasteiger partial charge in [0.2, 0.25) is 5.88 Å². The molecule has 0 saturated heterocycles. The molecule has 0 aromatic heterocycles. The molecule has 0 amide bonds. The molecule has 1 aliphatic rings. The summed E-state index contributed by atoms with van der Waals surface area (Å²) >= 11 is 12.4. The van der Waals surface area contributed by atoms with E-state index in [4.69, 9.17) is 38.4 Å². The SMILES string of the molecule is COC(=O)C1=C(C)OC(N)=C(C#N)[C@@H]1c1c(Cl)cccc1Cl. The average molecular weight is 339 g/mol. The van der Waals surface area contributed by atoms with Crippen LogP contribution in [0.2, 0.25) is 10.0 Å². The molecule has 1 aliphatic heterocycles. The maximum Gasteiger partial charge on any atom is 0.338 e. The van der Waals surface area contributed by atoms with Gasteiger partial charge in [-0.05, 0) is 19.1 Å². The number of rotatable bonds is 2. The van der Waals surface area contributed by atoms with Gasteiger partial charge in [0.15, 0.2) is 0 Å². The molecule has 7 heteroatoms. The molecule has 22 heavy (non-hydrogen) atoms. The molecule has 0 spiro atoms. The lowest BCUT2D eigenvalue weighted by Gasteiger charge is -2.27. The molecule has 114 valence electrons. The van der Waals surface area contributed by atoms with E-state index in [1.165, 1.54) is 7.11 Å². The number of hydrogen-bond donors (Lipinski definition) is 1. The van der Waals surface area contributed by atoms with Gasteiger partial charge < -0.3 is 15.2 Å². The van der Waals surface area contributed by atoms with Gasteiger partial charge in [0, 0.05) is 15.6 Å². The van der Waals surface area contributed by atoms with E-state index in [2.05, 4.69) is 0 Å². The van der Waals surface area contributed by atoms with Crippen molar-refractivity contribution in [3.05, 3.63) is 56.6 Å². The highest BCUT2D eigenvalue weighted by atomic mass is 35.5. The maximum atomic E-state index is 12.1. The van der Waals surface area contributed by atoms with Gasteiger partial charge >= 0.3 is 5.97 Å². The van der Waals surface area contributed by atoms with E-state index in [-0.39, 0.29) is 22.8 Å². The highest BCUT2D eigenvalue weighted by Crippen LogP contribution is 2.44. The first kappa shape index (κ1) is 16.2. The first-order chi connectivity index (χ1) is 10.4. The Bertz CT molecular complexity index is 727. The van der Waals surface area contributed by atoms with Gasteiger partial charge in [-0.3, -0.25) is 0 Å². The smallest absolute Gasteiger partial charge is 0.338 e. The van der Waals surface area contributed by atoms with E-state index in [9.17, 15) is 10.1 Å². The Labute approximate surface area is 137 Å². The van der Waals surface area contributed by atoms with Crippen molar-refractivity contribution in [3.63, 3.8) is 0 Å². The summed E-state index contributed by atoms with van der Waals surface area (Å²) in [6, 6.07) is 6.86. The molecule has 1 aromatic rings. The number of methoxy groups -OCH3 is 1. The largest absolute Gasteiger partial charge is 0.466 e. The van der Waals surface area contributed by atoms with Crippen LogP contribution in [0, 0.1) is 11.3 Å². The third-order valence-corrected chi connectivity index (χ3v) is 3.96. The van der Waals surface area contributed by atoms with Gasteiger partial charge in [0.05, 0.1) is 18.6 Å². The average Bonchev–Trinajstić information content (AvgIpc) is 2.46. The lowest BCUT2D eigenvalue weighted by Crippen LogP contribution is -2.25. The summed E-state index contributed by atoms with van der Waals surface area (Å²) in [7, 11) is 1.24. The van der Waals surface area contributed by atoms with E-state index in [1.54, 1.807) is 25.1 Å². The zero-order chi connectivity index (χ0) is 16.4. The molecule has 1 heterocycles. The minimum Gasteiger partial charge on any atom is -0.466 e. The fourth-order valence-electron chi connectivity index (χ4n) is 2.33. The molecule has 0 radical (unpaired) electrons. The summed E-state index contributed by atoms with van der Waals surface area (Å²) in [6.45, 7) is 1.56. The normalized spacial score (nSPS) is 17.9. The fraction of sp³-hybridized carbons (Fsp3) is 0.200. The number of nitrogens with two attached hydrogens (primary N) is 1. The van der Waals surface area contributed by atoms with Crippen LogP contribution < -0.4 is 5.73 Å². The van der Waals surface area contributed by atoms with Crippen LogP contribution in [0.15, 0.2) is 41.0 Å². The molecular weight excluding hydrogens is 327 g/mol. The predicted octanol–water partition coefficient (Wildman–Crippen LogP) is 3.25. The molecule has 0 bridgehead atoms. The highest BCUT2D eigenvalue weighted by Gasteiger charge is 2.38. The van der Waals surface area contributed by atoms with E-state index in [0.717, 1.165) is 0 Å². The zero-order valence-corrected chi connectivity index (χ0v) is 13.3. The number of carbonyl (C=O) groups excluding carboxylic acids is 1. The molecule has 2 N–H and O–H groups in total. The second-order valence-corrected chi connectivity index (χ2v) is 5.34.